The molecule has 0 saturated carbocycles. The topological polar surface area (TPSA) is 27.3 Å². The van der Waals surface area contributed by atoms with E-state index in [0.717, 1.165) is 13.1 Å². The molecule has 2 bridgehead atoms. The third kappa shape index (κ3) is 1.08. The van der Waals surface area contributed by atoms with E-state index >= 15 is 0 Å². The van der Waals surface area contributed by atoms with Crippen molar-refractivity contribution in [2.75, 3.05) is 13.1 Å². The third-order valence-corrected chi connectivity index (χ3v) is 2.51. The zero-order chi connectivity index (χ0) is 8.06. The Morgan fingerprint density at radius 2 is 1.73 bits per heavy atom. The van der Waals surface area contributed by atoms with E-state index < -0.39 is 0 Å². The average molecular weight is 155 g/mol. The van der Waals surface area contributed by atoms with Crippen LogP contribution in [0.25, 0.3) is 0 Å². The first-order chi connectivity index (χ1) is 5.09. The molecule has 11 heavy (non-hydrogen) atoms. The molecular formula is C8H17N3. The average Bonchev–Trinajstić information content (AvgIpc) is 1.85. The van der Waals surface area contributed by atoms with Gasteiger partial charge in [-0.2, -0.15) is 0 Å². The summed E-state index contributed by atoms with van der Waals surface area (Å²) in [5.41, 5.74) is 0.322. The Hall–Kier alpha value is -0.120. The third-order valence-electron chi connectivity index (χ3n) is 2.51. The van der Waals surface area contributed by atoms with Crippen LogP contribution in [0.2, 0.25) is 0 Å². The Kier molecular flexibility index (Phi) is 1.50. The van der Waals surface area contributed by atoms with Crippen LogP contribution in [0, 0.1) is 0 Å². The highest BCUT2D eigenvalue weighted by Crippen LogP contribution is 2.27. The summed E-state index contributed by atoms with van der Waals surface area (Å²) in [5, 5.41) is 6.88. The van der Waals surface area contributed by atoms with Crippen molar-refractivity contribution in [3.05, 3.63) is 0 Å². The van der Waals surface area contributed by atoms with Crippen molar-refractivity contribution < 1.29 is 0 Å². The number of piperazine rings is 2. The van der Waals surface area contributed by atoms with Crippen LogP contribution in [-0.2, 0) is 0 Å². The summed E-state index contributed by atoms with van der Waals surface area (Å²) >= 11 is 0. The molecule has 3 heterocycles. The molecule has 0 spiro atoms. The van der Waals surface area contributed by atoms with Gasteiger partial charge in [-0.1, -0.05) is 0 Å². The van der Waals surface area contributed by atoms with Crippen LogP contribution < -0.4 is 10.6 Å². The molecule has 0 radical (unpaired) electrons. The van der Waals surface area contributed by atoms with Crippen LogP contribution in [0.1, 0.15) is 20.8 Å². The van der Waals surface area contributed by atoms with E-state index in [2.05, 4.69) is 36.3 Å². The molecule has 2 N–H and O–H groups in total. The smallest absolute Gasteiger partial charge is 0.0755 e. The van der Waals surface area contributed by atoms with Gasteiger partial charge in [-0.15, -0.1) is 0 Å². The number of nitrogens with one attached hydrogen (secondary N) is 2. The summed E-state index contributed by atoms with van der Waals surface area (Å²) < 4.78 is 0. The lowest BCUT2D eigenvalue weighted by molar-refractivity contribution is -0.112. The van der Waals surface area contributed by atoms with Gasteiger partial charge in [0.1, 0.15) is 0 Å². The van der Waals surface area contributed by atoms with Crippen molar-refractivity contribution in [2.24, 2.45) is 0 Å². The number of rotatable bonds is 0. The molecular weight excluding hydrogens is 138 g/mol. The van der Waals surface area contributed by atoms with E-state index in [0.29, 0.717) is 17.9 Å². The maximum absolute atomic E-state index is 3.50. The van der Waals surface area contributed by atoms with Gasteiger partial charge >= 0.3 is 0 Å². The molecule has 3 aliphatic heterocycles. The number of hydrogen-bond acceptors (Lipinski definition) is 3. The normalized spacial score (nSPS) is 38.5. The largest absolute Gasteiger partial charge is 0.311 e. The second kappa shape index (κ2) is 2.19. The first-order valence-electron chi connectivity index (χ1n) is 4.34. The van der Waals surface area contributed by atoms with Crippen molar-refractivity contribution in [2.45, 2.75) is 38.6 Å². The molecule has 64 valence electrons. The van der Waals surface area contributed by atoms with Crippen LogP contribution in [-0.4, -0.2) is 35.9 Å². The van der Waals surface area contributed by atoms with Crippen LogP contribution in [0.5, 0.6) is 0 Å². The molecule has 3 rings (SSSR count). The number of hydrogen-bond donors (Lipinski definition) is 2. The first kappa shape index (κ1) is 7.53. The van der Waals surface area contributed by atoms with Crippen molar-refractivity contribution >= 4 is 0 Å². The SMILES string of the molecule is CC(C)(C)N1C2CNCC1N2. The fourth-order valence-electron chi connectivity index (χ4n) is 2.12. The lowest BCUT2D eigenvalue weighted by Crippen LogP contribution is -2.82. The Bertz CT molecular complexity index is 147. The summed E-state index contributed by atoms with van der Waals surface area (Å²) in [6.07, 6.45) is 1.16. The minimum atomic E-state index is 0.322. The lowest BCUT2D eigenvalue weighted by Gasteiger charge is -2.59. The summed E-state index contributed by atoms with van der Waals surface area (Å²) in [6.45, 7) is 9.01. The van der Waals surface area contributed by atoms with Gasteiger partial charge in [0.25, 0.3) is 0 Å². The Morgan fingerprint density at radius 1 is 1.18 bits per heavy atom. The highest BCUT2D eigenvalue weighted by molar-refractivity contribution is 5.00. The molecule has 3 nitrogen and oxygen atoms in total. The van der Waals surface area contributed by atoms with Crippen molar-refractivity contribution in [1.82, 2.24) is 15.5 Å². The van der Waals surface area contributed by atoms with Crippen molar-refractivity contribution in [1.29, 1.82) is 0 Å². The van der Waals surface area contributed by atoms with Gasteiger partial charge in [0.05, 0.1) is 12.3 Å². The predicted molar refractivity (Wildman–Crippen MR) is 45.2 cm³/mol. The molecule has 0 aromatic heterocycles. The predicted octanol–water partition coefficient (Wildman–Crippen LogP) is -0.0545. The van der Waals surface area contributed by atoms with E-state index in [4.69, 9.17) is 0 Å². The molecule has 2 atom stereocenters. The highest BCUT2D eigenvalue weighted by Gasteiger charge is 2.45. The van der Waals surface area contributed by atoms with Gasteiger partial charge in [-0.05, 0) is 20.8 Å². The summed E-state index contributed by atoms with van der Waals surface area (Å²) in [4.78, 5) is 2.55. The Labute approximate surface area is 68.1 Å². The zero-order valence-corrected chi connectivity index (χ0v) is 7.52. The first-order valence-corrected chi connectivity index (χ1v) is 4.34. The molecule has 3 aliphatic rings. The molecule has 0 aromatic carbocycles. The molecule has 2 unspecified atom stereocenters. The van der Waals surface area contributed by atoms with Gasteiger partial charge < -0.3 is 5.32 Å². The highest BCUT2D eigenvalue weighted by atomic mass is 15.5. The Balaban J connectivity index is 2.06. The van der Waals surface area contributed by atoms with Gasteiger partial charge in [-0.25, -0.2) is 0 Å². The van der Waals surface area contributed by atoms with E-state index in [-0.39, 0.29) is 0 Å². The molecule has 0 amide bonds. The lowest BCUT2D eigenvalue weighted by atomic mass is 9.98. The molecule has 0 aromatic rings. The fourth-order valence-corrected chi connectivity index (χ4v) is 2.12. The second-order valence-corrected chi connectivity index (χ2v) is 4.43. The van der Waals surface area contributed by atoms with Crippen molar-refractivity contribution in [3.8, 4) is 0 Å². The zero-order valence-electron chi connectivity index (χ0n) is 7.52. The monoisotopic (exact) mass is 155 g/mol. The minimum Gasteiger partial charge on any atom is -0.311 e. The Morgan fingerprint density at radius 3 is 2.00 bits per heavy atom. The van der Waals surface area contributed by atoms with Crippen LogP contribution >= 0.6 is 0 Å². The quantitative estimate of drug-likeness (QED) is 0.513. The van der Waals surface area contributed by atoms with Crippen molar-refractivity contribution in [3.63, 3.8) is 0 Å². The fraction of sp³-hybridized carbons (Fsp3) is 1.00. The van der Waals surface area contributed by atoms with Crippen LogP contribution in [0.15, 0.2) is 0 Å². The number of fused-ring (bicyclic) bond motifs is 2. The van der Waals surface area contributed by atoms with Gasteiger partial charge in [0.2, 0.25) is 0 Å². The maximum atomic E-state index is 3.50. The van der Waals surface area contributed by atoms with Crippen LogP contribution in [0.4, 0.5) is 0 Å². The van der Waals surface area contributed by atoms with E-state index in [9.17, 15) is 0 Å². The van der Waals surface area contributed by atoms with E-state index in [1.807, 2.05) is 0 Å². The van der Waals surface area contributed by atoms with E-state index in [1.54, 1.807) is 0 Å². The van der Waals surface area contributed by atoms with E-state index in [1.165, 1.54) is 0 Å². The van der Waals surface area contributed by atoms with Gasteiger partial charge in [0.15, 0.2) is 0 Å². The van der Waals surface area contributed by atoms with Crippen LogP contribution in [0.3, 0.4) is 0 Å². The second-order valence-electron chi connectivity index (χ2n) is 4.43. The summed E-state index contributed by atoms with van der Waals surface area (Å²) in [5.74, 6) is 0. The standard InChI is InChI=1S/C8H17N3/c1-8(2,3)11-6-4-9-5-7(11)10-6/h6-7,9-10H,4-5H2,1-3H3. The molecule has 0 aliphatic carbocycles. The minimum absolute atomic E-state index is 0.322. The van der Waals surface area contributed by atoms with Gasteiger partial charge in [0, 0.05) is 18.6 Å². The molecule has 3 fully saturated rings. The molecule has 3 saturated heterocycles. The van der Waals surface area contributed by atoms with Gasteiger partial charge in [-0.3, -0.25) is 10.2 Å². The molecule has 3 heteroatoms. The maximum Gasteiger partial charge on any atom is 0.0755 e. The summed E-state index contributed by atoms with van der Waals surface area (Å²) in [6, 6.07) is 0. The number of nitrogens with zero attached hydrogens (tertiary/aromatic N) is 1. The summed E-state index contributed by atoms with van der Waals surface area (Å²) in [7, 11) is 0.